The van der Waals surface area contributed by atoms with Gasteiger partial charge >= 0.3 is 0 Å². The van der Waals surface area contributed by atoms with E-state index in [1.807, 2.05) is 0 Å². The molecule has 0 saturated heterocycles. The molecule has 2 aliphatic carbocycles. The summed E-state index contributed by atoms with van der Waals surface area (Å²) in [6, 6.07) is 59.5. The highest BCUT2D eigenvalue weighted by atomic mass is 79.9. The van der Waals surface area contributed by atoms with Crippen molar-refractivity contribution in [2.75, 3.05) is 0 Å². The van der Waals surface area contributed by atoms with Crippen molar-refractivity contribution in [2.45, 2.75) is 5.41 Å². The van der Waals surface area contributed by atoms with E-state index < -0.39 is 5.41 Å². The van der Waals surface area contributed by atoms with Gasteiger partial charge in [0.25, 0.3) is 0 Å². The minimum atomic E-state index is -0.413. The first-order valence-electron chi connectivity index (χ1n) is 16.0. The molecule has 7 aromatic carbocycles. The number of hydrogen-bond acceptors (Lipinski definition) is 1. The average Bonchev–Trinajstić information content (AvgIpc) is 3.76. The summed E-state index contributed by atoms with van der Waals surface area (Å²) in [5, 5.41) is 0. The van der Waals surface area contributed by atoms with Gasteiger partial charge in [-0.15, -0.1) is 0 Å². The molecule has 0 bridgehead atoms. The summed E-state index contributed by atoms with van der Waals surface area (Å²) in [7, 11) is 0. The highest BCUT2D eigenvalue weighted by molar-refractivity contribution is 9.10. The predicted octanol–water partition coefficient (Wildman–Crippen LogP) is 11.5. The third-order valence-corrected chi connectivity index (χ3v) is 10.6. The van der Waals surface area contributed by atoms with E-state index in [4.69, 9.17) is 4.98 Å². The van der Waals surface area contributed by atoms with Gasteiger partial charge in [-0.05, 0) is 98.1 Å². The normalized spacial score (nSPS) is 13.4. The van der Waals surface area contributed by atoms with Crippen LogP contribution in [0.1, 0.15) is 22.3 Å². The molecule has 0 amide bonds. The molecule has 3 heteroatoms. The first kappa shape index (κ1) is 26.7. The van der Waals surface area contributed by atoms with Gasteiger partial charge in [-0.1, -0.05) is 137 Å². The Labute approximate surface area is 281 Å². The number of benzene rings is 7. The maximum atomic E-state index is 5.25. The number of para-hydroxylation sites is 3. The van der Waals surface area contributed by atoms with Crippen molar-refractivity contribution in [3.05, 3.63) is 191 Å². The summed E-state index contributed by atoms with van der Waals surface area (Å²) in [5.41, 5.74) is 16.7. The topological polar surface area (TPSA) is 17.8 Å². The first-order chi connectivity index (χ1) is 23.2. The zero-order valence-electron chi connectivity index (χ0n) is 25.4. The third kappa shape index (κ3) is 3.63. The van der Waals surface area contributed by atoms with Crippen molar-refractivity contribution in [3.8, 4) is 50.5 Å². The van der Waals surface area contributed by atoms with Crippen LogP contribution in [0.5, 0.6) is 0 Å². The molecule has 0 unspecified atom stereocenters. The van der Waals surface area contributed by atoms with Gasteiger partial charge in [-0.2, -0.15) is 0 Å². The Morgan fingerprint density at radius 1 is 0.447 bits per heavy atom. The summed E-state index contributed by atoms with van der Waals surface area (Å²) in [5.74, 6) is 0.937. The van der Waals surface area contributed by atoms with Crippen molar-refractivity contribution in [1.82, 2.24) is 9.55 Å². The Hall–Kier alpha value is -5.51. The summed E-state index contributed by atoms with van der Waals surface area (Å²) < 4.78 is 3.38. The molecule has 0 fully saturated rings. The van der Waals surface area contributed by atoms with Gasteiger partial charge in [-0.25, -0.2) is 4.98 Å². The Kier molecular flexibility index (Phi) is 5.67. The van der Waals surface area contributed by atoms with Crippen LogP contribution in [0.2, 0.25) is 0 Å². The van der Waals surface area contributed by atoms with Gasteiger partial charge in [0.15, 0.2) is 0 Å². The van der Waals surface area contributed by atoms with Gasteiger partial charge in [0.05, 0.1) is 16.4 Å². The second kappa shape index (κ2) is 9.99. The standard InChI is InChI=1S/C44H27BrN2/c45-29-23-25-35-34-24-22-28(26-39(34)44(40(35)27-29)37-18-8-6-15-32(37)33-16-7-9-19-38(33)44)31-14-4-5-17-36(31)43-46-41-20-10-11-21-42(41)47(43)30-12-2-1-3-13-30/h1-27H. The number of fused-ring (bicyclic) bond motifs is 11. The van der Waals surface area contributed by atoms with Gasteiger partial charge < -0.3 is 0 Å². The van der Waals surface area contributed by atoms with E-state index in [-0.39, 0.29) is 0 Å². The molecular weight excluding hydrogens is 636 g/mol. The summed E-state index contributed by atoms with van der Waals surface area (Å²) >= 11 is 3.84. The second-order valence-corrected chi connectivity index (χ2v) is 13.3. The van der Waals surface area contributed by atoms with E-state index in [2.05, 4.69) is 184 Å². The number of halogens is 1. The fraction of sp³-hybridized carbons (Fsp3) is 0.0227. The molecular formula is C44H27BrN2. The highest BCUT2D eigenvalue weighted by Gasteiger charge is 2.51. The molecule has 1 aromatic heterocycles. The molecule has 0 radical (unpaired) electrons. The van der Waals surface area contributed by atoms with E-state index in [0.29, 0.717) is 0 Å². The minimum Gasteiger partial charge on any atom is -0.292 e. The second-order valence-electron chi connectivity index (χ2n) is 12.4. The molecule has 0 saturated carbocycles. The maximum absolute atomic E-state index is 5.25. The van der Waals surface area contributed by atoms with Crippen LogP contribution < -0.4 is 0 Å². The molecule has 0 N–H and O–H groups in total. The predicted molar refractivity (Wildman–Crippen MR) is 196 cm³/mol. The molecule has 0 aliphatic heterocycles. The minimum absolute atomic E-state index is 0.413. The van der Waals surface area contributed by atoms with Crippen molar-refractivity contribution < 1.29 is 0 Å². The van der Waals surface area contributed by atoms with Crippen LogP contribution in [0, 0.1) is 0 Å². The molecule has 2 aliphatic rings. The van der Waals surface area contributed by atoms with E-state index in [0.717, 1.165) is 38.1 Å². The SMILES string of the molecule is Brc1ccc2c(c1)C1(c3ccccc3-c3ccccc31)c1cc(-c3ccccc3-c3nc4ccccc4n3-c3ccccc3)ccc1-2. The number of rotatable bonds is 3. The fourth-order valence-electron chi connectivity index (χ4n) is 8.25. The first-order valence-corrected chi connectivity index (χ1v) is 16.8. The Morgan fingerprint density at radius 2 is 1.00 bits per heavy atom. The number of nitrogens with zero attached hydrogens (tertiary/aromatic N) is 2. The molecule has 1 spiro atoms. The fourth-order valence-corrected chi connectivity index (χ4v) is 8.61. The number of hydrogen-bond donors (Lipinski definition) is 0. The summed E-state index contributed by atoms with van der Waals surface area (Å²) in [4.78, 5) is 5.25. The van der Waals surface area contributed by atoms with Crippen LogP contribution in [-0.4, -0.2) is 9.55 Å². The van der Waals surface area contributed by atoms with E-state index in [1.54, 1.807) is 0 Å². The lowest BCUT2D eigenvalue weighted by Gasteiger charge is -2.31. The monoisotopic (exact) mass is 662 g/mol. The van der Waals surface area contributed by atoms with Crippen LogP contribution in [-0.2, 0) is 5.41 Å². The summed E-state index contributed by atoms with van der Waals surface area (Å²) in [6.45, 7) is 0. The molecule has 8 aromatic rings. The average molecular weight is 664 g/mol. The van der Waals surface area contributed by atoms with Crippen LogP contribution in [0.25, 0.3) is 61.5 Å². The zero-order chi connectivity index (χ0) is 31.1. The van der Waals surface area contributed by atoms with Crippen LogP contribution in [0.3, 0.4) is 0 Å². The van der Waals surface area contributed by atoms with Crippen molar-refractivity contribution in [1.29, 1.82) is 0 Å². The van der Waals surface area contributed by atoms with E-state index >= 15 is 0 Å². The molecule has 2 nitrogen and oxygen atoms in total. The Balaban J connectivity index is 1.26. The largest absolute Gasteiger partial charge is 0.292 e. The van der Waals surface area contributed by atoms with E-state index in [1.165, 1.54) is 50.1 Å². The highest BCUT2D eigenvalue weighted by Crippen LogP contribution is 2.63. The molecule has 47 heavy (non-hydrogen) atoms. The lowest BCUT2D eigenvalue weighted by atomic mass is 9.70. The zero-order valence-corrected chi connectivity index (χ0v) is 26.9. The van der Waals surface area contributed by atoms with Crippen molar-refractivity contribution in [3.63, 3.8) is 0 Å². The molecule has 0 atom stereocenters. The van der Waals surface area contributed by atoms with Gasteiger partial charge in [-0.3, -0.25) is 4.57 Å². The van der Waals surface area contributed by atoms with Crippen molar-refractivity contribution >= 4 is 27.0 Å². The number of imidazole rings is 1. The molecule has 1 heterocycles. The number of aromatic nitrogens is 2. The van der Waals surface area contributed by atoms with Crippen LogP contribution in [0.4, 0.5) is 0 Å². The lowest BCUT2D eigenvalue weighted by molar-refractivity contribution is 0.793. The van der Waals surface area contributed by atoms with Crippen LogP contribution >= 0.6 is 15.9 Å². The third-order valence-electron chi connectivity index (χ3n) is 10.1. The van der Waals surface area contributed by atoms with Crippen LogP contribution in [0.15, 0.2) is 168 Å². The van der Waals surface area contributed by atoms with Gasteiger partial charge in [0.1, 0.15) is 5.82 Å². The smallest absolute Gasteiger partial charge is 0.146 e. The molecule has 220 valence electrons. The quantitative estimate of drug-likeness (QED) is 0.184. The maximum Gasteiger partial charge on any atom is 0.146 e. The Morgan fingerprint density at radius 3 is 1.74 bits per heavy atom. The van der Waals surface area contributed by atoms with Gasteiger partial charge in [0.2, 0.25) is 0 Å². The lowest BCUT2D eigenvalue weighted by Crippen LogP contribution is -2.25. The van der Waals surface area contributed by atoms with Crippen molar-refractivity contribution in [2.24, 2.45) is 0 Å². The Bertz CT molecular complexity index is 2500. The van der Waals surface area contributed by atoms with E-state index in [9.17, 15) is 0 Å². The summed E-state index contributed by atoms with van der Waals surface area (Å²) in [6.07, 6.45) is 0. The molecule has 10 rings (SSSR count). The van der Waals surface area contributed by atoms with Gasteiger partial charge in [0, 0.05) is 15.7 Å².